The zero-order chi connectivity index (χ0) is 25.3. The third-order valence-electron chi connectivity index (χ3n) is 7.72. The molecule has 0 radical (unpaired) electrons. The summed E-state index contributed by atoms with van der Waals surface area (Å²) in [4.78, 5) is 38.1. The summed E-state index contributed by atoms with van der Waals surface area (Å²) in [5, 5.41) is 16.6. The smallest absolute Gasteiger partial charge is 0.280 e. The van der Waals surface area contributed by atoms with E-state index in [0.717, 1.165) is 27.3 Å². The van der Waals surface area contributed by atoms with Crippen molar-refractivity contribution in [3.63, 3.8) is 0 Å². The van der Waals surface area contributed by atoms with E-state index in [0.29, 0.717) is 11.3 Å². The highest BCUT2D eigenvalue weighted by atomic mass is 16.6. The molecule has 37 heavy (non-hydrogen) atoms. The van der Waals surface area contributed by atoms with Crippen LogP contribution < -0.4 is 0 Å². The number of nitro benzene ring substituents is 1. The third-order valence-corrected chi connectivity index (χ3v) is 7.72. The molecule has 8 heteroatoms. The summed E-state index contributed by atoms with van der Waals surface area (Å²) in [5.74, 6) is -1.51. The van der Waals surface area contributed by atoms with Crippen molar-refractivity contribution in [2.75, 3.05) is 0 Å². The Labute approximate surface area is 211 Å². The van der Waals surface area contributed by atoms with E-state index in [-0.39, 0.29) is 35.1 Å². The lowest BCUT2D eigenvalue weighted by Gasteiger charge is -2.45. The van der Waals surface area contributed by atoms with Gasteiger partial charge in [0.05, 0.1) is 28.5 Å². The number of furan rings is 1. The van der Waals surface area contributed by atoms with Gasteiger partial charge in [0.15, 0.2) is 0 Å². The molecule has 4 aromatic rings. The van der Waals surface area contributed by atoms with Gasteiger partial charge in [-0.3, -0.25) is 19.7 Å². The van der Waals surface area contributed by atoms with Crippen molar-refractivity contribution >= 4 is 23.7 Å². The first-order valence-electron chi connectivity index (χ1n) is 12.0. The molecule has 8 nitrogen and oxygen atoms in total. The topological polar surface area (TPSA) is 106 Å². The monoisotopic (exact) mass is 489 g/mol. The minimum Gasteiger partial charge on any atom is -0.455 e. The highest BCUT2D eigenvalue weighted by molar-refractivity contribution is 6.08. The van der Waals surface area contributed by atoms with E-state index in [1.807, 2.05) is 24.3 Å². The Morgan fingerprint density at radius 1 is 0.757 bits per heavy atom. The molecule has 2 amide bonds. The van der Waals surface area contributed by atoms with E-state index in [4.69, 9.17) is 4.42 Å². The molecular weight excluding hydrogens is 470 g/mol. The van der Waals surface area contributed by atoms with Crippen molar-refractivity contribution in [1.82, 2.24) is 5.01 Å². The van der Waals surface area contributed by atoms with Gasteiger partial charge in [0.2, 0.25) is 0 Å². The molecule has 8 rings (SSSR count). The fourth-order valence-electron chi connectivity index (χ4n) is 6.30. The summed E-state index contributed by atoms with van der Waals surface area (Å²) in [6.45, 7) is 0. The van der Waals surface area contributed by atoms with Gasteiger partial charge in [-0.15, -0.1) is 0 Å². The van der Waals surface area contributed by atoms with Crippen LogP contribution in [0.15, 0.2) is 94.4 Å². The number of hydrogen-bond acceptors (Lipinski definition) is 6. The summed E-state index contributed by atoms with van der Waals surface area (Å²) in [6, 6.07) is 25.6. The Balaban J connectivity index is 1.23. The van der Waals surface area contributed by atoms with Gasteiger partial charge in [-0.05, 0) is 40.5 Å². The lowest BCUT2D eigenvalue weighted by Crippen LogP contribution is -2.41. The fraction of sp³-hybridized carbons (Fsp3) is 0.138. The molecule has 3 aliphatic carbocycles. The van der Waals surface area contributed by atoms with Gasteiger partial charge >= 0.3 is 0 Å². The molecule has 1 aliphatic heterocycles. The number of carbonyl (C=O) groups excluding carboxylic acids is 2. The van der Waals surface area contributed by atoms with Crippen LogP contribution in [0, 0.1) is 22.0 Å². The summed E-state index contributed by atoms with van der Waals surface area (Å²) < 4.78 is 5.76. The summed E-state index contributed by atoms with van der Waals surface area (Å²) >= 11 is 0. The molecule has 2 atom stereocenters. The minimum absolute atomic E-state index is 0.0797. The molecule has 0 N–H and O–H groups in total. The van der Waals surface area contributed by atoms with E-state index in [1.165, 1.54) is 12.3 Å². The standard InChI is InChI=1S/C29H19N3O5/c33-28-26-24-17-7-1-2-8-18(17)25(20-10-4-3-9-19(20)24)27(26)29(34)31(28)30-15-16-13-14-23(37-16)21-11-5-6-12-22(21)32(35)36/h1-15,24-27H/b30-15-/t24?,25?,26-,27-/m0/s1. The van der Waals surface area contributed by atoms with Gasteiger partial charge in [0.25, 0.3) is 17.5 Å². The van der Waals surface area contributed by atoms with Crippen LogP contribution in [0.25, 0.3) is 11.3 Å². The Hall–Kier alpha value is -4.85. The van der Waals surface area contributed by atoms with Crippen molar-refractivity contribution in [3.05, 3.63) is 123 Å². The van der Waals surface area contributed by atoms with Crippen LogP contribution in [0.2, 0.25) is 0 Å². The fourth-order valence-corrected chi connectivity index (χ4v) is 6.30. The number of nitrogens with zero attached hydrogens (tertiary/aromatic N) is 3. The van der Waals surface area contributed by atoms with Crippen LogP contribution in [0.4, 0.5) is 5.69 Å². The summed E-state index contributed by atoms with van der Waals surface area (Å²) in [7, 11) is 0. The van der Waals surface area contributed by atoms with Gasteiger partial charge in [0.1, 0.15) is 11.5 Å². The number of hydrogen-bond donors (Lipinski definition) is 0. The number of nitro groups is 1. The lowest BCUT2D eigenvalue weighted by atomic mass is 9.55. The maximum Gasteiger partial charge on any atom is 0.280 e. The average Bonchev–Trinajstić information content (AvgIpc) is 3.50. The largest absolute Gasteiger partial charge is 0.455 e. The molecular formula is C29H19N3O5. The van der Waals surface area contributed by atoms with Crippen molar-refractivity contribution in [1.29, 1.82) is 0 Å². The van der Waals surface area contributed by atoms with Gasteiger partial charge in [-0.25, -0.2) is 0 Å². The normalized spacial score (nSPS) is 23.3. The second-order valence-corrected chi connectivity index (χ2v) is 9.47. The van der Waals surface area contributed by atoms with Gasteiger partial charge in [-0.2, -0.15) is 10.1 Å². The SMILES string of the molecule is O=C1[C@H]2C3c4ccccc4C(c4ccccc43)[C@@H]2C(=O)N1/N=C\c1ccc(-c2ccccc2[N+](=O)[O-])o1. The highest BCUT2D eigenvalue weighted by Gasteiger charge is 2.61. The van der Waals surface area contributed by atoms with E-state index < -0.39 is 16.8 Å². The van der Waals surface area contributed by atoms with Gasteiger partial charge < -0.3 is 4.42 Å². The van der Waals surface area contributed by atoms with Crippen molar-refractivity contribution in [2.45, 2.75) is 11.8 Å². The second-order valence-electron chi connectivity index (χ2n) is 9.47. The summed E-state index contributed by atoms with van der Waals surface area (Å²) in [6.07, 6.45) is 1.31. The van der Waals surface area contributed by atoms with Crippen LogP contribution in [-0.2, 0) is 9.59 Å². The zero-order valence-corrected chi connectivity index (χ0v) is 19.4. The Kier molecular flexibility index (Phi) is 4.53. The number of para-hydroxylation sites is 1. The van der Waals surface area contributed by atoms with Crippen LogP contribution in [0.5, 0.6) is 0 Å². The van der Waals surface area contributed by atoms with Crippen molar-refractivity contribution in [3.8, 4) is 11.3 Å². The number of benzene rings is 3. The number of rotatable bonds is 4. The van der Waals surface area contributed by atoms with Crippen LogP contribution >= 0.6 is 0 Å². The maximum absolute atomic E-state index is 13.6. The van der Waals surface area contributed by atoms with E-state index in [9.17, 15) is 19.7 Å². The van der Waals surface area contributed by atoms with E-state index in [1.54, 1.807) is 30.3 Å². The molecule has 2 heterocycles. The van der Waals surface area contributed by atoms with Crippen molar-refractivity contribution in [2.24, 2.45) is 16.9 Å². The molecule has 1 aromatic heterocycles. The van der Waals surface area contributed by atoms with Crippen molar-refractivity contribution < 1.29 is 18.9 Å². The lowest BCUT2D eigenvalue weighted by molar-refractivity contribution is -0.384. The molecule has 1 saturated heterocycles. The summed E-state index contributed by atoms with van der Waals surface area (Å²) in [5.41, 5.74) is 4.64. The highest BCUT2D eigenvalue weighted by Crippen LogP contribution is 2.60. The first kappa shape index (κ1) is 21.4. The first-order valence-corrected chi connectivity index (χ1v) is 12.0. The van der Waals surface area contributed by atoms with E-state index >= 15 is 0 Å². The number of amides is 2. The van der Waals surface area contributed by atoms with E-state index in [2.05, 4.69) is 29.4 Å². The predicted octanol–water partition coefficient (Wildman–Crippen LogP) is 5.08. The maximum atomic E-state index is 13.6. The molecule has 0 spiro atoms. The van der Waals surface area contributed by atoms with Crippen LogP contribution in [-0.4, -0.2) is 28.0 Å². The number of hydrazone groups is 1. The predicted molar refractivity (Wildman–Crippen MR) is 134 cm³/mol. The van der Waals surface area contributed by atoms with Gasteiger partial charge in [-0.1, -0.05) is 60.7 Å². The molecule has 0 saturated carbocycles. The first-order chi connectivity index (χ1) is 18.0. The Morgan fingerprint density at radius 3 is 1.81 bits per heavy atom. The Morgan fingerprint density at radius 2 is 1.27 bits per heavy atom. The quantitative estimate of drug-likeness (QED) is 0.172. The van der Waals surface area contributed by atoms with Crippen LogP contribution in [0.3, 0.4) is 0 Å². The molecule has 0 unspecified atom stereocenters. The molecule has 2 bridgehead atoms. The zero-order valence-electron chi connectivity index (χ0n) is 19.4. The average molecular weight is 489 g/mol. The van der Waals surface area contributed by atoms with Crippen LogP contribution in [0.1, 0.15) is 39.8 Å². The minimum atomic E-state index is -0.515. The molecule has 4 aliphatic rings. The molecule has 1 fully saturated rings. The van der Waals surface area contributed by atoms with Gasteiger partial charge in [0, 0.05) is 17.9 Å². The molecule has 3 aromatic carbocycles. The second kappa shape index (κ2) is 7.83. The number of imide groups is 1. The Bertz CT molecular complexity index is 1540. The number of carbonyl (C=O) groups is 2. The third kappa shape index (κ3) is 2.99. The molecule has 180 valence electrons.